The molecule has 2 N–H and O–H groups in total. The molecule has 0 atom stereocenters. The molecule has 2 rings (SSSR count). The maximum absolute atomic E-state index is 12.0. The molecule has 2 heterocycles. The summed E-state index contributed by atoms with van der Waals surface area (Å²) in [6.07, 6.45) is 2.69. The van der Waals surface area contributed by atoms with Gasteiger partial charge in [-0.2, -0.15) is 0 Å². The molecule has 1 aliphatic heterocycles. The Kier molecular flexibility index (Phi) is 4.57. The molecule has 1 saturated heterocycles. The average molecular weight is 265 g/mol. The van der Waals surface area contributed by atoms with E-state index < -0.39 is 0 Å². The summed E-state index contributed by atoms with van der Waals surface area (Å²) in [6, 6.07) is 3.35. The van der Waals surface area contributed by atoms with Crippen LogP contribution in [0.15, 0.2) is 22.8 Å². The number of hydrogen-bond donors (Lipinski definition) is 1. The highest BCUT2D eigenvalue weighted by Crippen LogP contribution is 2.10. The van der Waals surface area contributed by atoms with Gasteiger partial charge in [-0.15, -0.1) is 0 Å². The van der Waals surface area contributed by atoms with Crippen LogP contribution in [0.3, 0.4) is 0 Å². The molecule has 0 radical (unpaired) electrons. The third-order valence-corrected chi connectivity index (χ3v) is 3.25. The van der Waals surface area contributed by atoms with Crippen LogP contribution in [-0.4, -0.2) is 54.3 Å². The van der Waals surface area contributed by atoms with E-state index in [0.29, 0.717) is 51.3 Å². The van der Waals surface area contributed by atoms with E-state index in [9.17, 15) is 9.59 Å². The number of amides is 2. The van der Waals surface area contributed by atoms with Crippen molar-refractivity contribution < 1.29 is 14.0 Å². The molecular weight excluding hydrogens is 246 g/mol. The molecule has 104 valence electrons. The molecule has 2 amide bonds. The van der Waals surface area contributed by atoms with Crippen LogP contribution in [0.25, 0.3) is 0 Å². The Hall–Kier alpha value is -1.82. The summed E-state index contributed by atoms with van der Waals surface area (Å²) in [7, 11) is 0. The number of carbonyl (C=O) groups is 2. The summed E-state index contributed by atoms with van der Waals surface area (Å²) >= 11 is 0. The van der Waals surface area contributed by atoms with Crippen molar-refractivity contribution in [2.75, 3.05) is 32.7 Å². The van der Waals surface area contributed by atoms with E-state index in [-0.39, 0.29) is 11.8 Å². The Bertz CT molecular complexity index is 422. The van der Waals surface area contributed by atoms with Gasteiger partial charge in [-0.1, -0.05) is 0 Å². The first kappa shape index (κ1) is 13.6. The quantitative estimate of drug-likeness (QED) is 0.849. The van der Waals surface area contributed by atoms with Crippen molar-refractivity contribution in [3.63, 3.8) is 0 Å². The maximum Gasteiger partial charge on any atom is 0.289 e. The molecule has 0 aromatic carbocycles. The predicted octanol–water partition coefficient (Wildman–Crippen LogP) is 0.303. The van der Waals surface area contributed by atoms with E-state index in [0.717, 1.165) is 0 Å². The molecule has 1 aromatic rings. The van der Waals surface area contributed by atoms with Crippen molar-refractivity contribution in [1.29, 1.82) is 0 Å². The van der Waals surface area contributed by atoms with Gasteiger partial charge in [-0.3, -0.25) is 9.59 Å². The summed E-state index contributed by atoms with van der Waals surface area (Å²) in [5.74, 6) is 0.359. The van der Waals surface area contributed by atoms with Crippen molar-refractivity contribution in [3.8, 4) is 0 Å². The van der Waals surface area contributed by atoms with Gasteiger partial charge in [-0.05, 0) is 25.1 Å². The van der Waals surface area contributed by atoms with Gasteiger partial charge in [0.15, 0.2) is 5.76 Å². The van der Waals surface area contributed by atoms with Gasteiger partial charge in [0.25, 0.3) is 5.91 Å². The number of furan rings is 1. The van der Waals surface area contributed by atoms with E-state index in [1.165, 1.54) is 6.26 Å². The van der Waals surface area contributed by atoms with Crippen LogP contribution in [0, 0.1) is 0 Å². The SMILES string of the molecule is NCCCC(=O)N1CCN(C(=O)c2ccco2)CC1. The van der Waals surface area contributed by atoms with Crippen molar-refractivity contribution in [3.05, 3.63) is 24.2 Å². The lowest BCUT2D eigenvalue weighted by molar-refractivity contribution is -0.132. The Morgan fingerprint density at radius 2 is 1.89 bits per heavy atom. The number of piperazine rings is 1. The van der Waals surface area contributed by atoms with Crippen LogP contribution in [0.5, 0.6) is 0 Å². The molecule has 0 bridgehead atoms. The fourth-order valence-electron chi connectivity index (χ4n) is 2.13. The predicted molar refractivity (Wildman–Crippen MR) is 69.5 cm³/mol. The van der Waals surface area contributed by atoms with E-state index >= 15 is 0 Å². The number of rotatable bonds is 4. The normalized spacial score (nSPS) is 15.6. The molecule has 1 aliphatic rings. The van der Waals surface area contributed by atoms with Crippen LogP contribution < -0.4 is 5.73 Å². The fourth-order valence-corrected chi connectivity index (χ4v) is 2.13. The number of nitrogens with zero attached hydrogens (tertiary/aromatic N) is 2. The highest BCUT2D eigenvalue weighted by Gasteiger charge is 2.25. The van der Waals surface area contributed by atoms with Crippen LogP contribution in [0.2, 0.25) is 0 Å². The molecule has 6 heteroatoms. The topological polar surface area (TPSA) is 79.8 Å². The van der Waals surface area contributed by atoms with Crippen LogP contribution >= 0.6 is 0 Å². The molecule has 19 heavy (non-hydrogen) atoms. The third-order valence-electron chi connectivity index (χ3n) is 3.25. The smallest absolute Gasteiger partial charge is 0.289 e. The van der Waals surface area contributed by atoms with Crippen molar-refractivity contribution in [2.45, 2.75) is 12.8 Å². The van der Waals surface area contributed by atoms with Crippen LogP contribution in [0.4, 0.5) is 0 Å². The second-order valence-electron chi connectivity index (χ2n) is 4.54. The Morgan fingerprint density at radius 1 is 1.21 bits per heavy atom. The molecule has 0 spiro atoms. The number of hydrogen-bond acceptors (Lipinski definition) is 4. The number of carbonyl (C=O) groups excluding carboxylic acids is 2. The summed E-state index contributed by atoms with van der Waals surface area (Å²) in [6.45, 7) is 2.79. The standard InChI is InChI=1S/C13H19N3O3/c14-5-1-4-12(17)15-6-8-16(9-7-15)13(18)11-3-2-10-19-11/h2-3,10H,1,4-9,14H2. The van der Waals surface area contributed by atoms with Gasteiger partial charge in [0, 0.05) is 32.6 Å². The first-order chi connectivity index (χ1) is 9.22. The minimum atomic E-state index is -0.112. The van der Waals surface area contributed by atoms with Crippen molar-refractivity contribution in [2.24, 2.45) is 5.73 Å². The zero-order chi connectivity index (χ0) is 13.7. The molecular formula is C13H19N3O3. The van der Waals surface area contributed by atoms with Gasteiger partial charge in [0.2, 0.25) is 5.91 Å². The van der Waals surface area contributed by atoms with E-state index in [4.69, 9.17) is 10.2 Å². The van der Waals surface area contributed by atoms with Gasteiger partial charge in [0.1, 0.15) is 0 Å². The van der Waals surface area contributed by atoms with Crippen molar-refractivity contribution in [1.82, 2.24) is 9.80 Å². The summed E-state index contributed by atoms with van der Waals surface area (Å²) in [5.41, 5.74) is 5.39. The van der Waals surface area contributed by atoms with Gasteiger partial charge >= 0.3 is 0 Å². The Labute approximate surface area is 112 Å². The minimum absolute atomic E-state index is 0.112. The van der Waals surface area contributed by atoms with Crippen molar-refractivity contribution >= 4 is 11.8 Å². The second kappa shape index (κ2) is 6.38. The Morgan fingerprint density at radius 3 is 2.47 bits per heavy atom. The lowest BCUT2D eigenvalue weighted by Gasteiger charge is -2.34. The van der Waals surface area contributed by atoms with Crippen LogP contribution in [-0.2, 0) is 4.79 Å². The summed E-state index contributed by atoms with van der Waals surface area (Å²) in [5, 5.41) is 0. The summed E-state index contributed by atoms with van der Waals surface area (Å²) in [4.78, 5) is 27.3. The minimum Gasteiger partial charge on any atom is -0.459 e. The molecule has 0 aliphatic carbocycles. The van der Waals surface area contributed by atoms with Gasteiger partial charge in [-0.25, -0.2) is 0 Å². The zero-order valence-electron chi connectivity index (χ0n) is 10.9. The molecule has 6 nitrogen and oxygen atoms in total. The molecule has 1 aromatic heterocycles. The molecule has 1 fully saturated rings. The van der Waals surface area contributed by atoms with E-state index in [1.54, 1.807) is 21.9 Å². The highest BCUT2D eigenvalue weighted by atomic mass is 16.3. The molecule has 0 saturated carbocycles. The monoisotopic (exact) mass is 265 g/mol. The second-order valence-corrected chi connectivity index (χ2v) is 4.54. The first-order valence-electron chi connectivity index (χ1n) is 6.53. The zero-order valence-corrected chi connectivity index (χ0v) is 10.9. The third kappa shape index (κ3) is 3.35. The lowest BCUT2D eigenvalue weighted by Crippen LogP contribution is -2.50. The Balaban J connectivity index is 1.82. The fraction of sp³-hybridized carbons (Fsp3) is 0.538. The summed E-state index contributed by atoms with van der Waals surface area (Å²) < 4.78 is 5.09. The number of nitrogens with two attached hydrogens (primary N) is 1. The molecule has 0 unspecified atom stereocenters. The maximum atomic E-state index is 12.0. The van der Waals surface area contributed by atoms with E-state index in [1.807, 2.05) is 0 Å². The largest absolute Gasteiger partial charge is 0.459 e. The van der Waals surface area contributed by atoms with Gasteiger partial charge in [0.05, 0.1) is 6.26 Å². The van der Waals surface area contributed by atoms with Gasteiger partial charge < -0.3 is 20.0 Å². The van der Waals surface area contributed by atoms with E-state index in [2.05, 4.69) is 0 Å². The highest BCUT2D eigenvalue weighted by molar-refractivity contribution is 5.91. The lowest BCUT2D eigenvalue weighted by atomic mass is 10.2. The average Bonchev–Trinajstić information content (AvgIpc) is 2.98. The van der Waals surface area contributed by atoms with Crippen LogP contribution in [0.1, 0.15) is 23.4 Å². The first-order valence-corrected chi connectivity index (χ1v) is 6.53.